The van der Waals surface area contributed by atoms with Crippen LogP contribution in [0.3, 0.4) is 0 Å². The lowest BCUT2D eigenvalue weighted by Crippen LogP contribution is -2.13. The van der Waals surface area contributed by atoms with Gasteiger partial charge >= 0.3 is 4.87 Å². The van der Waals surface area contributed by atoms with Crippen molar-refractivity contribution in [1.82, 2.24) is 4.57 Å². The van der Waals surface area contributed by atoms with Crippen LogP contribution in [-0.4, -0.2) is 13.0 Å². The first-order valence-electron chi connectivity index (χ1n) is 7.32. The van der Waals surface area contributed by atoms with Gasteiger partial charge in [0.1, 0.15) is 5.82 Å². The molecule has 0 spiro atoms. The molecule has 3 aromatic rings. The van der Waals surface area contributed by atoms with E-state index in [-0.39, 0.29) is 15.5 Å². The summed E-state index contributed by atoms with van der Waals surface area (Å²) in [5.41, 5.74) is 1.00. The van der Waals surface area contributed by atoms with Crippen LogP contribution in [0.4, 0.5) is 10.1 Å². The van der Waals surface area contributed by atoms with Gasteiger partial charge in [0, 0.05) is 12.2 Å². The Bertz CT molecular complexity index is 1040. The topological polar surface area (TPSA) is 68.2 Å². The Balaban J connectivity index is 1.99. The molecule has 2 aromatic carbocycles. The number of anilines is 1. The number of aryl methyl sites for hydroxylation is 1. The molecule has 3 rings (SSSR count). The van der Waals surface area contributed by atoms with Crippen molar-refractivity contribution in [3.63, 3.8) is 0 Å². The third-order valence-corrected chi connectivity index (χ3v) is 5.81. The van der Waals surface area contributed by atoms with Crippen LogP contribution >= 0.6 is 11.3 Å². The molecule has 8 heteroatoms. The maximum atomic E-state index is 12.9. The number of hydrogen-bond donors (Lipinski definition) is 1. The van der Waals surface area contributed by atoms with E-state index in [9.17, 15) is 17.6 Å². The van der Waals surface area contributed by atoms with Crippen LogP contribution in [0.15, 0.2) is 52.2 Å². The minimum atomic E-state index is -3.81. The Morgan fingerprint density at radius 2 is 1.88 bits per heavy atom. The van der Waals surface area contributed by atoms with Crippen LogP contribution < -0.4 is 9.60 Å². The summed E-state index contributed by atoms with van der Waals surface area (Å²) in [4.78, 5) is 11.9. The molecule has 0 aliphatic carbocycles. The van der Waals surface area contributed by atoms with Gasteiger partial charge in [0.05, 0.1) is 15.1 Å². The number of rotatable bonds is 5. The van der Waals surface area contributed by atoms with E-state index >= 15 is 0 Å². The van der Waals surface area contributed by atoms with Gasteiger partial charge in [-0.05, 0) is 48.9 Å². The van der Waals surface area contributed by atoms with Crippen LogP contribution in [-0.2, 0) is 16.6 Å². The molecule has 24 heavy (non-hydrogen) atoms. The van der Waals surface area contributed by atoms with Gasteiger partial charge in [-0.15, -0.1) is 0 Å². The predicted molar refractivity (Wildman–Crippen MR) is 93.6 cm³/mol. The highest BCUT2D eigenvalue weighted by atomic mass is 32.2. The molecule has 1 heterocycles. The summed E-state index contributed by atoms with van der Waals surface area (Å²) in [7, 11) is -3.81. The number of sulfonamides is 1. The van der Waals surface area contributed by atoms with Crippen molar-refractivity contribution in [2.45, 2.75) is 24.8 Å². The van der Waals surface area contributed by atoms with E-state index in [0.717, 1.165) is 23.3 Å². The fourth-order valence-corrected chi connectivity index (χ4v) is 4.50. The first kappa shape index (κ1) is 16.7. The molecule has 0 bridgehead atoms. The lowest BCUT2D eigenvalue weighted by Gasteiger charge is -2.08. The number of halogens is 1. The Morgan fingerprint density at radius 1 is 1.17 bits per heavy atom. The highest BCUT2D eigenvalue weighted by molar-refractivity contribution is 7.92. The monoisotopic (exact) mass is 366 g/mol. The van der Waals surface area contributed by atoms with Gasteiger partial charge in [-0.2, -0.15) is 0 Å². The summed E-state index contributed by atoms with van der Waals surface area (Å²) < 4.78 is 42.5. The van der Waals surface area contributed by atoms with Crippen molar-refractivity contribution in [3.05, 3.63) is 57.9 Å². The average molecular weight is 366 g/mol. The largest absolute Gasteiger partial charge is 0.308 e. The Hall–Kier alpha value is -2.19. The molecule has 0 saturated carbocycles. The molecule has 1 N–H and O–H groups in total. The number of thiazole rings is 1. The summed E-state index contributed by atoms with van der Waals surface area (Å²) >= 11 is 1.02. The molecule has 0 unspecified atom stereocenters. The molecular formula is C16H15FN2O3S2. The molecule has 0 radical (unpaired) electrons. The maximum Gasteiger partial charge on any atom is 0.308 e. The zero-order chi connectivity index (χ0) is 17.3. The van der Waals surface area contributed by atoms with E-state index < -0.39 is 15.8 Å². The predicted octanol–water partition coefficient (Wildman–Crippen LogP) is 3.41. The number of benzene rings is 2. The first-order valence-corrected chi connectivity index (χ1v) is 9.62. The van der Waals surface area contributed by atoms with Crippen LogP contribution in [0.2, 0.25) is 0 Å². The van der Waals surface area contributed by atoms with E-state index in [1.165, 1.54) is 36.4 Å². The van der Waals surface area contributed by atoms with Crippen LogP contribution in [0.1, 0.15) is 13.3 Å². The quantitative estimate of drug-likeness (QED) is 0.752. The van der Waals surface area contributed by atoms with Gasteiger partial charge in [0.25, 0.3) is 10.0 Å². The molecule has 0 aliphatic rings. The first-order chi connectivity index (χ1) is 11.4. The zero-order valence-electron chi connectivity index (χ0n) is 12.8. The van der Waals surface area contributed by atoms with Gasteiger partial charge < -0.3 is 0 Å². The standard InChI is InChI=1S/C16H15FN2O3S2/c1-2-9-19-14-8-7-13(10-15(14)23-16(19)20)24(21,22)18-12-5-3-11(17)4-6-12/h3-8,10,18H,2,9H2,1H3. The second kappa shape index (κ2) is 6.37. The number of aromatic nitrogens is 1. The minimum Gasteiger partial charge on any atom is -0.299 e. The number of hydrogen-bond acceptors (Lipinski definition) is 4. The van der Waals surface area contributed by atoms with Gasteiger partial charge in [-0.1, -0.05) is 18.3 Å². The van der Waals surface area contributed by atoms with Crippen LogP contribution in [0, 0.1) is 5.82 Å². The van der Waals surface area contributed by atoms with Gasteiger partial charge in [-0.25, -0.2) is 12.8 Å². The zero-order valence-corrected chi connectivity index (χ0v) is 14.5. The normalized spacial score (nSPS) is 11.8. The third-order valence-electron chi connectivity index (χ3n) is 3.49. The third kappa shape index (κ3) is 3.20. The second-order valence-electron chi connectivity index (χ2n) is 5.26. The molecule has 0 atom stereocenters. The maximum absolute atomic E-state index is 12.9. The fourth-order valence-electron chi connectivity index (χ4n) is 2.38. The highest BCUT2D eigenvalue weighted by Crippen LogP contribution is 2.23. The molecule has 126 valence electrons. The van der Waals surface area contributed by atoms with Gasteiger partial charge in [0.15, 0.2) is 0 Å². The van der Waals surface area contributed by atoms with E-state index in [1.807, 2.05) is 6.92 Å². The molecular weight excluding hydrogens is 351 g/mol. The van der Waals surface area contributed by atoms with Crippen molar-refractivity contribution < 1.29 is 12.8 Å². The lowest BCUT2D eigenvalue weighted by atomic mass is 10.3. The SMILES string of the molecule is CCCn1c(=O)sc2cc(S(=O)(=O)Nc3ccc(F)cc3)ccc21. The minimum absolute atomic E-state index is 0.0595. The molecule has 5 nitrogen and oxygen atoms in total. The van der Waals surface area contributed by atoms with E-state index in [2.05, 4.69) is 4.72 Å². The molecule has 0 saturated heterocycles. The van der Waals surface area contributed by atoms with Crippen molar-refractivity contribution in [1.29, 1.82) is 0 Å². The Morgan fingerprint density at radius 3 is 2.54 bits per heavy atom. The second-order valence-corrected chi connectivity index (χ2v) is 7.94. The van der Waals surface area contributed by atoms with Crippen LogP contribution in [0.25, 0.3) is 10.2 Å². The number of nitrogens with one attached hydrogen (secondary N) is 1. The van der Waals surface area contributed by atoms with Crippen molar-refractivity contribution in [2.24, 2.45) is 0 Å². The van der Waals surface area contributed by atoms with Crippen molar-refractivity contribution >= 4 is 37.3 Å². The average Bonchev–Trinajstić information content (AvgIpc) is 2.85. The lowest BCUT2D eigenvalue weighted by molar-refractivity contribution is 0.601. The van der Waals surface area contributed by atoms with Crippen molar-refractivity contribution in [2.75, 3.05) is 4.72 Å². The smallest absolute Gasteiger partial charge is 0.299 e. The molecule has 0 fully saturated rings. The Kier molecular flexibility index (Phi) is 4.42. The molecule has 0 amide bonds. The van der Waals surface area contributed by atoms with Crippen molar-refractivity contribution in [3.8, 4) is 0 Å². The van der Waals surface area contributed by atoms with E-state index in [1.54, 1.807) is 10.6 Å². The summed E-state index contributed by atoms with van der Waals surface area (Å²) in [6.45, 7) is 2.57. The Labute approximate surface area is 142 Å². The summed E-state index contributed by atoms with van der Waals surface area (Å²) in [6.07, 6.45) is 0.817. The number of fused-ring (bicyclic) bond motifs is 1. The summed E-state index contributed by atoms with van der Waals surface area (Å²) in [6, 6.07) is 9.65. The fraction of sp³-hybridized carbons (Fsp3) is 0.188. The molecule has 1 aromatic heterocycles. The van der Waals surface area contributed by atoms with Gasteiger partial charge in [0.2, 0.25) is 0 Å². The highest BCUT2D eigenvalue weighted by Gasteiger charge is 2.17. The summed E-state index contributed by atoms with van der Waals surface area (Å²) in [5.74, 6) is -0.443. The van der Waals surface area contributed by atoms with Gasteiger partial charge in [-0.3, -0.25) is 14.1 Å². The van der Waals surface area contributed by atoms with E-state index in [0.29, 0.717) is 11.2 Å². The van der Waals surface area contributed by atoms with E-state index in [4.69, 9.17) is 0 Å². The summed E-state index contributed by atoms with van der Waals surface area (Å²) in [5, 5.41) is 0. The number of nitrogens with zero attached hydrogens (tertiary/aromatic N) is 1. The molecule has 0 aliphatic heterocycles. The van der Waals surface area contributed by atoms with Crippen LogP contribution in [0.5, 0.6) is 0 Å².